The Balaban J connectivity index is 1.97. The van der Waals surface area contributed by atoms with Gasteiger partial charge in [0.1, 0.15) is 0 Å². The Morgan fingerprint density at radius 1 is 1.53 bits per heavy atom. The maximum absolute atomic E-state index is 5.95. The van der Waals surface area contributed by atoms with E-state index < -0.39 is 0 Å². The monoisotopic (exact) mass is 206 g/mol. The number of nitrogens with one attached hydrogen (secondary N) is 1. The Kier molecular flexibility index (Phi) is 3.34. The van der Waals surface area contributed by atoms with Crippen LogP contribution < -0.4 is 5.32 Å². The molecular weight excluding hydrogens is 188 g/mol. The average molecular weight is 206 g/mol. The van der Waals surface area contributed by atoms with Gasteiger partial charge < -0.3 is 10.1 Å². The van der Waals surface area contributed by atoms with Crippen LogP contribution in [0.5, 0.6) is 0 Å². The van der Waals surface area contributed by atoms with Crippen molar-refractivity contribution in [3.05, 3.63) is 29.6 Å². The Hall–Kier alpha value is -0.930. The van der Waals surface area contributed by atoms with Gasteiger partial charge in [-0.25, -0.2) is 0 Å². The predicted molar refractivity (Wildman–Crippen MR) is 59.7 cm³/mol. The van der Waals surface area contributed by atoms with E-state index in [4.69, 9.17) is 4.74 Å². The molecule has 1 aliphatic rings. The maximum atomic E-state index is 5.95. The molecule has 15 heavy (non-hydrogen) atoms. The van der Waals surface area contributed by atoms with E-state index in [1.54, 1.807) is 0 Å². The number of nitrogens with zero attached hydrogens (tertiary/aromatic N) is 1. The van der Waals surface area contributed by atoms with E-state index in [1.165, 1.54) is 11.1 Å². The van der Waals surface area contributed by atoms with Crippen molar-refractivity contribution in [2.45, 2.75) is 32.5 Å². The molecule has 2 atom stereocenters. The summed E-state index contributed by atoms with van der Waals surface area (Å²) in [7, 11) is 0. The molecular formula is C12H18N2O. The van der Waals surface area contributed by atoms with Gasteiger partial charge in [-0.2, -0.15) is 0 Å². The zero-order valence-corrected chi connectivity index (χ0v) is 9.36. The van der Waals surface area contributed by atoms with Gasteiger partial charge >= 0.3 is 0 Å². The number of aryl methyl sites for hydroxylation is 1. The first-order valence-electron chi connectivity index (χ1n) is 5.53. The van der Waals surface area contributed by atoms with Crippen molar-refractivity contribution < 1.29 is 4.74 Å². The first kappa shape index (κ1) is 10.6. The lowest BCUT2D eigenvalue weighted by molar-refractivity contribution is 0.00809. The van der Waals surface area contributed by atoms with Crippen LogP contribution in [-0.4, -0.2) is 24.2 Å². The van der Waals surface area contributed by atoms with E-state index in [1.807, 2.05) is 12.4 Å². The van der Waals surface area contributed by atoms with Gasteiger partial charge in [0.05, 0.1) is 12.2 Å². The van der Waals surface area contributed by atoms with E-state index in [0.717, 1.165) is 19.5 Å². The van der Waals surface area contributed by atoms with Crippen molar-refractivity contribution >= 4 is 0 Å². The van der Waals surface area contributed by atoms with Gasteiger partial charge in [0, 0.05) is 18.9 Å². The highest BCUT2D eigenvalue weighted by atomic mass is 16.5. The molecule has 2 heterocycles. The van der Waals surface area contributed by atoms with Crippen LogP contribution in [0.25, 0.3) is 0 Å². The molecule has 3 nitrogen and oxygen atoms in total. The number of pyridine rings is 1. The van der Waals surface area contributed by atoms with Crippen LogP contribution >= 0.6 is 0 Å². The highest BCUT2D eigenvalue weighted by molar-refractivity contribution is 5.18. The predicted octanol–water partition coefficient (Wildman–Crippen LogP) is 1.83. The molecule has 0 saturated carbocycles. The lowest BCUT2D eigenvalue weighted by Crippen LogP contribution is -2.18. The quantitative estimate of drug-likeness (QED) is 0.819. The number of ether oxygens (including phenoxy) is 1. The van der Waals surface area contributed by atoms with Crippen molar-refractivity contribution in [3.63, 3.8) is 0 Å². The molecule has 0 unspecified atom stereocenters. The Labute approximate surface area is 90.9 Å². The number of hydrogen-bond donors (Lipinski definition) is 1. The van der Waals surface area contributed by atoms with E-state index in [9.17, 15) is 0 Å². The number of rotatable bonds is 3. The molecule has 1 aromatic rings. The fraction of sp³-hybridized carbons (Fsp3) is 0.583. The molecule has 1 saturated heterocycles. The molecule has 1 aliphatic heterocycles. The van der Waals surface area contributed by atoms with Crippen LogP contribution in [0.4, 0.5) is 0 Å². The van der Waals surface area contributed by atoms with E-state index in [-0.39, 0.29) is 6.10 Å². The lowest BCUT2D eigenvalue weighted by atomic mass is 10.1. The molecule has 1 aromatic heterocycles. The summed E-state index contributed by atoms with van der Waals surface area (Å²) in [5.74, 6) is 0. The average Bonchev–Trinajstić information content (AvgIpc) is 2.70. The van der Waals surface area contributed by atoms with Gasteiger partial charge in [-0.15, -0.1) is 0 Å². The Morgan fingerprint density at radius 3 is 3.07 bits per heavy atom. The van der Waals surface area contributed by atoms with Gasteiger partial charge in [0.15, 0.2) is 0 Å². The van der Waals surface area contributed by atoms with E-state index >= 15 is 0 Å². The van der Waals surface area contributed by atoms with Crippen molar-refractivity contribution in [1.29, 1.82) is 0 Å². The third-order valence-electron chi connectivity index (χ3n) is 2.78. The SMILES string of the molecule is Cc1cncc([C@H](C)O[C@@H]2CCNC2)c1. The minimum Gasteiger partial charge on any atom is -0.369 e. The second kappa shape index (κ2) is 4.73. The van der Waals surface area contributed by atoms with Gasteiger partial charge in [0.2, 0.25) is 0 Å². The highest BCUT2D eigenvalue weighted by Crippen LogP contribution is 2.20. The third kappa shape index (κ3) is 2.76. The van der Waals surface area contributed by atoms with Crippen molar-refractivity contribution in [3.8, 4) is 0 Å². The molecule has 0 amide bonds. The third-order valence-corrected chi connectivity index (χ3v) is 2.78. The molecule has 82 valence electrons. The lowest BCUT2D eigenvalue weighted by Gasteiger charge is -2.18. The Morgan fingerprint density at radius 2 is 2.40 bits per heavy atom. The minimum absolute atomic E-state index is 0.141. The van der Waals surface area contributed by atoms with Crippen LogP contribution in [-0.2, 0) is 4.74 Å². The van der Waals surface area contributed by atoms with E-state index in [0.29, 0.717) is 6.10 Å². The molecule has 0 bridgehead atoms. The normalized spacial score (nSPS) is 22.9. The largest absolute Gasteiger partial charge is 0.369 e. The first-order valence-corrected chi connectivity index (χ1v) is 5.53. The Bertz CT molecular complexity index is 321. The molecule has 1 fully saturated rings. The van der Waals surface area contributed by atoms with Crippen LogP contribution in [0, 0.1) is 6.92 Å². The fourth-order valence-electron chi connectivity index (χ4n) is 1.91. The second-order valence-corrected chi connectivity index (χ2v) is 4.19. The zero-order chi connectivity index (χ0) is 10.7. The highest BCUT2D eigenvalue weighted by Gasteiger charge is 2.18. The molecule has 2 rings (SSSR count). The smallest absolute Gasteiger partial charge is 0.0816 e. The first-order chi connectivity index (χ1) is 7.25. The molecule has 0 spiro atoms. The van der Waals surface area contributed by atoms with Gasteiger partial charge in [-0.3, -0.25) is 4.98 Å². The van der Waals surface area contributed by atoms with Crippen LogP contribution in [0.2, 0.25) is 0 Å². The van der Waals surface area contributed by atoms with Gasteiger partial charge in [-0.1, -0.05) is 6.07 Å². The van der Waals surface area contributed by atoms with Crippen molar-refractivity contribution in [2.24, 2.45) is 0 Å². The molecule has 1 N–H and O–H groups in total. The molecule has 0 aliphatic carbocycles. The summed E-state index contributed by atoms with van der Waals surface area (Å²) in [5.41, 5.74) is 2.36. The summed E-state index contributed by atoms with van der Waals surface area (Å²) < 4.78 is 5.95. The molecule has 0 aromatic carbocycles. The van der Waals surface area contributed by atoms with Crippen molar-refractivity contribution in [2.75, 3.05) is 13.1 Å². The fourth-order valence-corrected chi connectivity index (χ4v) is 1.91. The summed E-state index contributed by atoms with van der Waals surface area (Å²) in [4.78, 5) is 4.18. The summed E-state index contributed by atoms with van der Waals surface area (Å²) in [6.45, 7) is 6.20. The van der Waals surface area contributed by atoms with Crippen LogP contribution in [0.1, 0.15) is 30.6 Å². The van der Waals surface area contributed by atoms with E-state index in [2.05, 4.69) is 30.2 Å². The second-order valence-electron chi connectivity index (χ2n) is 4.19. The standard InChI is InChI=1S/C12H18N2O/c1-9-5-11(7-14-6-9)10(2)15-12-3-4-13-8-12/h5-7,10,12-13H,3-4,8H2,1-2H3/t10-,12+/m0/s1. The van der Waals surface area contributed by atoms with Crippen LogP contribution in [0.3, 0.4) is 0 Å². The van der Waals surface area contributed by atoms with Gasteiger partial charge in [-0.05, 0) is 37.9 Å². The minimum atomic E-state index is 0.141. The maximum Gasteiger partial charge on any atom is 0.0816 e. The topological polar surface area (TPSA) is 34.1 Å². The number of hydrogen-bond acceptors (Lipinski definition) is 3. The summed E-state index contributed by atoms with van der Waals surface area (Å²) in [6.07, 6.45) is 5.37. The summed E-state index contributed by atoms with van der Waals surface area (Å²) >= 11 is 0. The van der Waals surface area contributed by atoms with Gasteiger partial charge in [0.25, 0.3) is 0 Å². The summed E-state index contributed by atoms with van der Waals surface area (Å²) in [5, 5.41) is 3.30. The van der Waals surface area contributed by atoms with Crippen molar-refractivity contribution in [1.82, 2.24) is 10.3 Å². The number of aromatic nitrogens is 1. The molecule has 3 heteroatoms. The van der Waals surface area contributed by atoms with Crippen LogP contribution in [0.15, 0.2) is 18.5 Å². The summed E-state index contributed by atoms with van der Waals surface area (Å²) in [6, 6.07) is 2.14. The molecule has 0 radical (unpaired) electrons. The zero-order valence-electron chi connectivity index (χ0n) is 9.36.